The van der Waals surface area contributed by atoms with Gasteiger partial charge < -0.3 is 10.0 Å². The molecule has 4 heteroatoms. The lowest BCUT2D eigenvalue weighted by molar-refractivity contribution is -0.131. The maximum absolute atomic E-state index is 11.7. The molecule has 76 valence electrons. The number of hydrogen-bond acceptors (Lipinski definition) is 2. The van der Waals surface area contributed by atoms with E-state index in [0.29, 0.717) is 6.54 Å². The molecule has 1 N–H and O–H groups in total. The van der Waals surface area contributed by atoms with Crippen molar-refractivity contribution < 1.29 is 9.90 Å². The van der Waals surface area contributed by atoms with Gasteiger partial charge in [-0.1, -0.05) is 15.9 Å². The van der Waals surface area contributed by atoms with Crippen molar-refractivity contribution in [3.8, 4) is 0 Å². The van der Waals surface area contributed by atoms with E-state index in [1.165, 1.54) is 0 Å². The van der Waals surface area contributed by atoms with Gasteiger partial charge in [-0.25, -0.2) is 0 Å². The van der Waals surface area contributed by atoms with Gasteiger partial charge >= 0.3 is 0 Å². The van der Waals surface area contributed by atoms with Crippen LogP contribution in [0.25, 0.3) is 0 Å². The monoisotopic (exact) mass is 249 g/mol. The van der Waals surface area contributed by atoms with Gasteiger partial charge in [-0.3, -0.25) is 4.79 Å². The average Bonchev–Trinajstić information content (AvgIpc) is 2.48. The topological polar surface area (TPSA) is 40.5 Å². The van der Waals surface area contributed by atoms with Gasteiger partial charge in [0.1, 0.15) is 0 Å². The molecule has 0 spiro atoms. The number of carbonyl (C=O) groups is 1. The van der Waals surface area contributed by atoms with E-state index in [9.17, 15) is 4.79 Å². The summed E-state index contributed by atoms with van der Waals surface area (Å²) in [5.74, 6) is 0.391. The van der Waals surface area contributed by atoms with Crippen molar-refractivity contribution in [3.63, 3.8) is 0 Å². The fourth-order valence-electron chi connectivity index (χ4n) is 1.54. The summed E-state index contributed by atoms with van der Waals surface area (Å²) >= 11 is 3.34. The molecule has 0 saturated carbocycles. The zero-order chi connectivity index (χ0) is 10.1. The van der Waals surface area contributed by atoms with Gasteiger partial charge in [0.05, 0.1) is 4.32 Å². The second-order valence-corrected chi connectivity index (χ2v) is 6.04. The standard InChI is InChI=1S/C9H16BrNO2/c1-9(2,10)8(13)11-4-3-7(5-11)6-12/h7,12H,3-6H2,1-2H3. The largest absolute Gasteiger partial charge is 0.396 e. The summed E-state index contributed by atoms with van der Waals surface area (Å²) in [6, 6.07) is 0. The quantitative estimate of drug-likeness (QED) is 0.743. The molecule has 1 saturated heterocycles. The smallest absolute Gasteiger partial charge is 0.238 e. The number of nitrogens with zero attached hydrogens (tertiary/aromatic N) is 1. The number of hydrogen-bond donors (Lipinski definition) is 1. The highest BCUT2D eigenvalue weighted by Gasteiger charge is 2.33. The van der Waals surface area contributed by atoms with Crippen molar-refractivity contribution >= 4 is 21.8 Å². The van der Waals surface area contributed by atoms with Crippen LogP contribution in [0.15, 0.2) is 0 Å². The van der Waals surface area contributed by atoms with Crippen molar-refractivity contribution in [2.24, 2.45) is 5.92 Å². The number of amides is 1. The van der Waals surface area contributed by atoms with Crippen LogP contribution in [0.3, 0.4) is 0 Å². The fraction of sp³-hybridized carbons (Fsp3) is 0.889. The molecule has 1 aliphatic heterocycles. The number of likely N-dealkylation sites (tertiary alicyclic amines) is 1. The van der Waals surface area contributed by atoms with Crippen LogP contribution in [0.4, 0.5) is 0 Å². The first kappa shape index (κ1) is 11.0. The van der Waals surface area contributed by atoms with Crippen LogP contribution >= 0.6 is 15.9 Å². The van der Waals surface area contributed by atoms with Crippen LogP contribution < -0.4 is 0 Å². The van der Waals surface area contributed by atoms with Gasteiger partial charge in [-0.05, 0) is 20.3 Å². The molecule has 1 heterocycles. The van der Waals surface area contributed by atoms with E-state index in [2.05, 4.69) is 15.9 Å². The van der Waals surface area contributed by atoms with Gasteiger partial charge in [-0.15, -0.1) is 0 Å². The van der Waals surface area contributed by atoms with Gasteiger partial charge in [0, 0.05) is 25.6 Å². The summed E-state index contributed by atoms with van der Waals surface area (Å²) < 4.78 is -0.475. The third kappa shape index (κ3) is 2.68. The number of halogens is 1. The number of aliphatic hydroxyl groups is 1. The molecule has 0 aromatic carbocycles. The minimum atomic E-state index is -0.475. The first-order chi connectivity index (χ1) is 5.95. The normalized spacial score (nSPS) is 23.7. The lowest BCUT2D eigenvalue weighted by Crippen LogP contribution is -2.40. The molecule has 13 heavy (non-hydrogen) atoms. The molecule has 1 aliphatic rings. The van der Waals surface area contributed by atoms with Crippen molar-refractivity contribution in [2.75, 3.05) is 19.7 Å². The van der Waals surface area contributed by atoms with Crippen molar-refractivity contribution in [1.29, 1.82) is 0 Å². The van der Waals surface area contributed by atoms with E-state index >= 15 is 0 Å². The molecule has 3 nitrogen and oxygen atoms in total. The van der Waals surface area contributed by atoms with Gasteiger partial charge in [0.15, 0.2) is 0 Å². The Morgan fingerprint density at radius 2 is 2.31 bits per heavy atom. The Hall–Kier alpha value is -0.0900. The first-order valence-corrected chi connectivity index (χ1v) is 5.33. The highest BCUT2D eigenvalue weighted by molar-refractivity contribution is 9.10. The third-order valence-corrected chi connectivity index (χ3v) is 2.68. The molecule has 0 aromatic heterocycles. The Balaban J connectivity index is 2.52. The first-order valence-electron chi connectivity index (χ1n) is 4.54. The van der Waals surface area contributed by atoms with Crippen LogP contribution in [0.2, 0.25) is 0 Å². The second-order valence-electron chi connectivity index (χ2n) is 4.06. The molecule has 0 aromatic rings. The van der Waals surface area contributed by atoms with Crippen molar-refractivity contribution in [2.45, 2.75) is 24.6 Å². The SMILES string of the molecule is CC(C)(Br)C(=O)N1CCC(CO)C1. The summed E-state index contributed by atoms with van der Waals surface area (Å²) in [6.45, 7) is 5.36. The molecule has 1 atom stereocenters. The number of rotatable bonds is 2. The average molecular weight is 250 g/mol. The van der Waals surface area contributed by atoms with Gasteiger partial charge in [-0.2, -0.15) is 0 Å². The minimum absolute atomic E-state index is 0.114. The molecule has 1 fully saturated rings. The summed E-state index contributed by atoms with van der Waals surface area (Å²) in [6.07, 6.45) is 0.922. The van der Waals surface area contributed by atoms with Crippen LogP contribution in [-0.4, -0.2) is 39.9 Å². The van der Waals surface area contributed by atoms with E-state index in [1.807, 2.05) is 18.7 Å². The lowest BCUT2D eigenvalue weighted by atomic mass is 10.1. The number of carbonyl (C=O) groups excluding carboxylic acids is 1. The number of alkyl halides is 1. The summed E-state index contributed by atoms with van der Waals surface area (Å²) in [5, 5.41) is 8.92. The van der Waals surface area contributed by atoms with E-state index in [0.717, 1.165) is 13.0 Å². The van der Waals surface area contributed by atoms with E-state index in [1.54, 1.807) is 0 Å². The molecular formula is C9H16BrNO2. The molecular weight excluding hydrogens is 234 g/mol. The molecule has 0 aliphatic carbocycles. The minimum Gasteiger partial charge on any atom is -0.396 e. The second kappa shape index (κ2) is 3.96. The van der Waals surface area contributed by atoms with Gasteiger partial charge in [0.2, 0.25) is 5.91 Å². The summed E-state index contributed by atoms with van der Waals surface area (Å²) in [5.41, 5.74) is 0. The van der Waals surface area contributed by atoms with Crippen LogP contribution in [-0.2, 0) is 4.79 Å². The predicted molar refractivity (Wildman–Crippen MR) is 54.8 cm³/mol. The summed E-state index contributed by atoms with van der Waals surface area (Å²) in [4.78, 5) is 13.5. The zero-order valence-corrected chi connectivity index (χ0v) is 9.67. The predicted octanol–water partition coefficient (Wildman–Crippen LogP) is 1.00. The maximum atomic E-state index is 11.7. The highest BCUT2D eigenvalue weighted by Crippen LogP contribution is 2.24. The van der Waals surface area contributed by atoms with Crippen LogP contribution in [0.1, 0.15) is 20.3 Å². The number of aliphatic hydroxyl groups excluding tert-OH is 1. The third-order valence-electron chi connectivity index (χ3n) is 2.34. The molecule has 0 bridgehead atoms. The Morgan fingerprint density at radius 1 is 1.69 bits per heavy atom. The fourth-order valence-corrected chi connectivity index (χ4v) is 1.79. The van der Waals surface area contributed by atoms with Crippen molar-refractivity contribution in [1.82, 2.24) is 4.90 Å². The maximum Gasteiger partial charge on any atom is 0.238 e. The summed E-state index contributed by atoms with van der Waals surface area (Å²) in [7, 11) is 0. The van der Waals surface area contributed by atoms with Crippen LogP contribution in [0, 0.1) is 5.92 Å². The molecule has 1 amide bonds. The Labute approximate surface area is 87.2 Å². The van der Waals surface area contributed by atoms with E-state index in [-0.39, 0.29) is 18.4 Å². The Kier molecular flexibility index (Phi) is 3.35. The van der Waals surface area contributed by atoms with Gasteiger partial charge in [0.25, 0.3) is 0 Å². The Morgan fingerprint density at radius 3 is 2.69 bits per heavy atom. The lowest BCUT2D eigenvalue weighted by Gasteiger charge is -2.24. The molecule has 1 rings (SSSR count). The van der Waals surface area contributed by atoms with Crippen LogP contribution in [0.5, 0.6) is 0 Å². The molecule has 1 unspecified atom stereocenters. The highest BCUT2D eigenvalue weighted by atomic mass is 79.9. The zero-order valence-electron chi connectivity index (χ0n) is 8.09. The van der Waals surface area contributed by atoms with Crippen molar-refractivity contribution in [3.05, 3.63) is 0 Å². The van der Waals surface area contributed by atoms with E-state index in [4.69, 9.17) is 5.11 Å². The van der Waals surface area contributed by atoms with E-state index < -0.39 is 4.32 Å². The Bertz CT molecular complexity index is 200. The molecule has 0 radical (unpaired) electrons.